The van der Waals surface area contributed by atoms with Crippen LogP contribution in [-0.2, 0) is 30.4 Å². The lowest BCUT2D eigenvalue weighted by atomic mass is 9.99. The fourth-order valence-electron chi connectivity index (χ4n) is 3.73. The third-order valence-corrected chi connectivity index (χ3v) is 6.13. The van der Waals surface area contributed by atoms with Crippen molar-refractivity contribution < 1.29 is 31.1 Å². The van der Waals surface area contributed by atoms with E-state index < -0.39 is 35.0 Å². The maximum absolute atomic E-state index is 14.0. The number of aromatic nitrogens is 1. The first-order valence-corrected chi connectivity index (χ1v) is 12.1. The molecule has 3 rings (SSSR count). The molecular weight excluding hydrogens is 490 g/mol. The highest BCUT2D eigenvalue weighted by molar-refractivity contribution is 7.77. The van der Waals surface area contributed by atoms with Crippen LogP contribution in [0.3, 0.4) is 0 Å². The van der Waals surface area contributed by atoms with Gasteiger partial charge in [-0.25, -0.2) is 18.9 Å². The highest BCUT2D eigenvalue weighted by atomic mass is 32.2. The van der Waals surface area contributed by atoms with Gasteiger partial charge >= 0.3 is 12.2 Å². The number of piperidine rings is 1. The number of benzene rings is 1. The van der Waals surface area contributed by atoms with Gasteiger partial charge in [0.2, 0.25) is 0 Å². The Morgan fingerprint density at radius 3 is 2.57 bits per heavy atom. The number of rotatable bonds is 8. The van der Waals surface area contributed by atoms with Gasteiger partial charge in [0, 0.05) is 48.7 Å². The molecule has 1 aromatic heterocycles. The van der Waals surface area contributed by atoms with Crippen LogP contribution in [0.15, 0.2) is 30.3 Å². The molecule has 1 aliphatic rings. The van der Waals surface area contributed by atoms with E-state index >= 15 is 0 Å². The third-order valence-electron chi connectivity index (χ3n) is 5.69. The minimum Gasteiger partial charge on any atom is -0.760 e. The van der Waals surface area contributed by atoms with Crippen LogP contribution < -0.4 is 20.3 Å². The summed E-state index contributed by atoms with van der Waals surface area (Å²) in [6.45, 7) is 3.16. The maximum Gasteiger partial charge on any atom is 0.433 e. The molecule has 1 unspecified atom stereocenters. The second-order valence-electron chi connectivity index (χ2n) is 8.34. The molecule has 2 aromatic rings. The van der Waals surface area contributed by atoms with Gasteiger partial charge < -0.3 is 20.1 Å². The van der Waals surface area contributed by atoms with Crippen molar-refractivity contribution in [1.29, 1.82) is 0 Å². The minimum absolute atomic E-state index is 0.0122. The molecule has 1 fully saturated rings. The average molecular weight is 517 g/mol. The van der Waals surface area contributed by atoms with Crippen LogP contribution in [0.5, 0.6) is 0 Å². The fraction of sp³-hybridized carbons (Fsp3) is 0.455. The first-order valence-electron chi connectivity index (χ1n) is 11.0. The summed E-state index contributed by atoms with van der Waals surface area (Å²) in [7, 11) is 0. The summed E-state index contributed by atoms with van der Waals surface area (Å²) in [5.74, 6) is 0.119. The minimum atomic E-state index is -4.58. The highest BCUT2D eigenvalue weighted by Gasteiger charge is 2.34. The maximum atomic E-state index is 14.0. The summed E-state index contributed by atoms with van der Waals surface area (Å²) in [4.78, 5) is 18.1. The molecule has 0 saturated carbocycles. The standard InChI is InChI=1S/C22H27F4N5O3S/c1-14-7-10-31(11-8-14)20-16(2-5-19(30-20)22(24,25)26)13-27-21(32)29-17-3-4-18(23)15(12-17)6-9-28-35(33)34/h2-5,12,14,28H,6-11,13H2,1H3,(H,33,34)(H2,27,29,32)/p-1. The Hall–Kier alpha value is -2.77. The van der Waals surface area contributed by atoms with Gasteiger partial charge in [-0.05, 0) is 55.0 Å². The van der Waals surface area contributed by atoms with Crippen LogP contribution in [0.25, 0.3) is 0 Å². The van der Waals surface area contributed by atoms with Crippen molar-refractivity contribution >= 4 is 28.8 Å². The van der Waals surface area contributed by atoms with Gasteiger partial charge in [0.25, 0.3) is 0 Å². The lowest BCUT2D eigenvalue weighted by molar-refractivity contribution is -0.141. The van der Waals surface area contributed by atoms with Gasteiger partial charge in [-0.1, -0.05) is 13.0 Å². The van der Waals surface area contributed by atoms with Gasteiger partial charge in [-0.15, -0.1) is 0 Å². The summed E-state index contributed by atoms with van der Waals surface area (Å²) >= 11 is -2.47. The van der Waals surface area contributed by atoms with Gasteiger partial charge in [0.15, 0.2) is 0 Å². The first kappa shape index (κ1) is 26.8. The van der Waals surface area contributed by atoms with Crippen LogP contribution >= 0.6 is 0 Å². The molecule has 0 bridgehead atoms. The average Bonchev–Trinajstić information content (AvgIpc) is 2.79. The number of halogens is 4. The van der Waals surface area contributed by atoms with E-state index in [9.17, 15) is 31.1 Å². The van der Waals surface area contributed by atoms with Crippen LogP contribution in [0.1, 0.15) is 36.6 Å². The number of carbonyl (C=O) groups excluding carboxylic acids is 1. The van der Waals surface area contributed by atoms with Gasteiger partial charge in [0.05, 0.1) is 0 Å². The number of hydrogen-bond donors (Lipinski definition) is 3. The van der Waals surface area contributed by atoms with E-state index in [4.69, 9.17) is 0 Å². The van der Waals surface area contributed by atoms with Gasteiger partial charge in [-0.2, -0.15) is 13.2 Å². The van der Waals surface area contributed by atoms with Crippen molar-refractivity contribution in [3.8, 4) is 0 Å². The van der Waals surface area contributed by atoms with E-state index in [0.717, 1.165) is 25.0 Å². The molecule has 0 aliphatic carbocycles. The SMILES string of the molecule is CC1CCN(c2nc(C(F)(F)F)ccc2CNC(=O)Nc2ccc(F)c(CCNS(=O)[O-])c2)CC1. The monoisotopic (exact) mass is 516 g/mol. The molecule has 3 N–H and O–H groups in total. The van der Waals surface area contributed by atoms with E-state index in [1.165, 1.54) is 18.2 Å². The fourth-order valence-corrected chi connectivity index (χ4v) is 4.00. The van der Waals surface area contributed by atoms with Gasteiger partial charge in [0.1, 0.15) is 17.3 Å². The number of pyridine rings is 1. The van der Waals surface area contributed by atoms with Crippen molar-refractivity contribution in [1.82, 2.24) is 15.0 Å². The van der Waals surface area contributed by atoms with E-state index in [-0.39, 0.29) is 36.6 Å². The lowest BCUT2D eigenvalue weighted by Crippen LogP contribution is -2.35. The second kappa shape index (κ2) is 11.8. The molecule has 0 radical (unpaired) electrons. The molecule has 2 amide bonds. The molecule has 13 heteroatoms. The molecule has 1 aliphatic heterocycles. The van der Waals surface area contributed by atoms with E-state index in [1.54, 1.807) is 4.90 Å². The lowest BCUT2D eigenvalue weighted by Gasteiger charge is -2.33. The predicted octanol–water partition coefficient (Wildman–Crippen LogP) is 3.72. The Labute approximate surface area is 202 Å². The zero-order chi connectivity index (χ0) is 25.6. The van der Waals surface area contributed by atoms with Gasteiger partial charge in [-0.3, -0.25) is 4.21 Å². The van der Waals surface area contributed by atoms with Crippen LogP contribution in [0.2, 0.25) is 0 Å². The van der Waals surface area contributed by atoms with Crippen LogP contribution in [0, 0.1) is 11.7 Å². The summed E-state index contributed by atoms with van der Waals surface area (Å²) in [6, 6.07) is 5.43. The zero-order valence-electron chi connectivity index (χ0n) is 19.0. The molecule has 8 nitrogen and oxygen atoms in total. The molecule has 2 heterocycles. The van der Waals surface area contributed by atoms with Crippen molar-refractivity contribution in [2.75, 3.05) is 29.9 Å². The van der Waals surface area contributed by atoms with Crippen molar-refractivity contribution in [2.24, 2.45) is 5.92 Å². The number of amides is 2. The number of carbonyl (C=O) groups is 1. The molecule has 192 valence electrons. The van der Waals surface area contributed by atoms with E-state index in [0.29, 0.717) is 24.6 Å². The molecule has 35 heavy (non-hydrogen) atoms. The van der Waals surface area contributed by atoms with Crippen molar-refractivity contribution in [2.45, 2.75) is 38.9 Å². The smallest absolute Gasteiger partial charge is 0.433 e. The molecule has 1 saturated heterocycles. The highest BCUT2D eigenvalue weighted by Crippen LogP contribution is 2.32. The molecule has 1 atom stereocenters. The first-order chi connectivity index (χ1) is 16.5. The summed E-state index contributed by atoms with van der Waals surface area (Å²) in [6.07, 6.45) is -2.84. The van der Waals surface area contributed by atoms with Crippen LogP contribution in [-0.4, -0.2) is 39.4 Å². The molecular formula is C22H26F4N5O3S-. The number of urea groups is 1. The van der Waals surface area contributed by atoms with Crippen LogP contribution in [0.4, 0.5) is 33.9 Å². The van der Waals surface area contributed by atoms with E-state index in [2.05, 4.69) is 27.3 Å². The quantitative estimate of drug-likeness (QED) is 0.366. The summed E-state index contributed by atoms with van der Waals surface area (Å²) in [5.41, 5.74) is -0.0695. The Bertz CT molecular complexity index is 1060. The topological polar surface area (TPSA) is 109 Å². The predicted molar refractivity (Wildman–Crippen MR) is 123 cm³/mol. The molecule has 0 spiro atoms. The Morgan fingerprint density at radius 2 is 1.91 bits per heavy atom. The Kier molecular flexibility index (Phi) is 9.03. The van der Waals surface area contributed by atoms with E-state index in [1.807, 2.05) is 0 Å². The number of anilines is 2. The third kappa shape index (κ3) is 7.87. The normalized spacial score (nSPS) is 15.7. The molecule has 1 aromatic carbocycles. The zero-order valence-corrected chi connectivity index (χ0v) is 19.8. The van der Waals surface area contributed by atoms with Crippen molar-refractivity contribution in [3.05, 3.63) is 53.0 Å². The second-order valence-corrected chi connectivity index (χ2v) is 9.10. The summed E-state index contributed by atoms with van der Waals surface area (Å²) in [5, 5.41) is 5.15. The van der Waals surface area contributed by atoms with Crippen molar-refractivity contribution in [3.63, 3.8) is 0 Å². The Balaban J connectivity index is 1.67. The number of hydrogen-bond acceptors (Lipinski definition) is 5. The Morgan fingerprint density at radius 1 is 1.20 bits per heavy atom. The summed E-state index contributed by atoms with van der Waals surface area (Å²) < 4.78 is 76.9. The number of nitrogens with zero attached hydrogens (tertiary/aromatic N) is 2. The number of nitrogens with one attached hydrogen (secondary N) is 3. The largest absolute Gasteiger partial charge is 0.760 e. The number of alkyl halides is 3.